The van der Waals surface area contributed by atoms with Gasteiger partial charge in [-0.1, -0.05) is 48.5 Å². The fraction of sp³-hybridized carbons (Fsp3) is 0.179. The molecule has 0 aliphatic carbocycles. The van der Waals surface area contributed by atoms with Gasteiger partial charge in [-0.15, -0.1) is 3.89 Å². The van der Waals surface area contributed by atoms with Crippen molar-refractivity contribution in [1.82, 2.24) is 5.06 Å². The first-order chi connectivity index (χ1) is 19.8. The van der Waals surface area contributed by atoms with E-state index in [2.05, 4.69) is 0 Å². The molecule has 0 spiro atoms. The summed E-state index contributed by atoms with van der Waals surface area (Å²) in [6.45, 7) is 0. The molecule has 2 amide bonds. The predicted molar refractivity (Wildman–Crippen MR) is 143 cm³/mol. The van der Waals surface area contributed by atoms with Crippen molar-refractivity contribution in [1.29, 1.82) is 0 Å². The van der Waals surface area contributed by atoms with Gasteiger partial charge in [0.2, 0.25) is 11.0 Å². The molecule has 1 aliphatic heterocycles. The Morgan fingerprint density at radius 3 is 2.12 bits per heavy atom. The second-order valence-electron chi connectivity index (χ2n) is 9.26. The number of carbonyl (C=O) groups excluding carboxylic acids is 2. The zero-order valence-electron chi connectivity index (χ0n) is 21.9. The summed E-state index contributed by atoms with van der Waals surface area (Å²) in [5, 5.41) is 21.5. The Morgan fingerprint density at radius 2 is 1.55 bits per heavy atom. The Labute approximate surface area is 238 Å². The molecule has 3 aromatic carbocycles. The molecule has 5 rings (SSSR count). The van der Waals surface area contributed by atoms with Crippen molar-refractivity contribution in [3.63, 3.8) is 0 Å². The van der Waals surface area contributed by atoms with Crippen LogP contribution in [0.15, 0.2) is 66.7 Å². The van der Waals surface area contributed by atoms with Crippen molar-refractivity contribution in [2.24, 2.45) is 7.05 Å². The number of imide groups is 1. The van der Waals surface area contributed by atoms with Gasteiger partial charge in [-0.05, 0) is 22.8 Å². The summed E-state index contributed by atoms with van der Waals surface area (Å²) in [6.07, 6.45) is -1.49. The number of rotatable bonds is 7. The first kappa shape index (κ1) is 30.2. The van der Waals surface area contributed by atoms with Crippen LogP contribution in [0.1, 0.15) is 28.8 Å². The predicted octanol–water partition coefficient (Wildman–Crippen LogP) is 2.68. The third kappa shape index (κ3) is 6.57. The number of nitrogens with zero attached hydrogens (tertiary/aromatic N) is 2. The van der Waals surface area contributed by atoms with E-state index in [-0.39, 0.29) is 24.8 Å². The number of fused-ring (bicyclic) bond motifs is 2. The van der Waals surface area contributed by atoms with Gasteiger partial charge in [0.25, 0.3) is 22.3 Å². The van der Waals surface area contributed by atoms with Gasteiger partial charge in [0, 0.05) is 31.4 Å². The first-order valence-electron chi connectivity index (χ1n) is 12.3. The molecule has 218 valence electrons. The topological polar surface area (TPSA) is 182 Å². The molecule has 1 fully saturated rings. The lowest BCUT2D eigenvalue weighted by Gasteiger charge is -2.19. The van der Waals surface area contributed by atoms with Crippen molar-refractivity contribution in [3.8, 4) is 11.1 Å². The third-order valence-electron chi connectivity index (χ3n) is 6.60. The zero-order valence-corrected chi connectivity index (χ0v) is 22.7. The van der Waals surface area contributed by atoms with E-state index in [0.717, 1.165) is 22.2 Å². The van der Waals surface area contributed by atoms with Crippen LogP contribution in [0.4, 0.5) is 3.89 Å². The molecule has 1 aliphatic rings. The van der Waals surface area contributed by atoms with E-state index in [1.807, 2.05) is 48.0 Å². The van der Waals surface area contributed by atoms with Gasteiger partial charge in [-0.25, -0.2) is 22.8 Å². The van der Waals surface area contributed by atoms with Crippen LogP contribution in [-0.2, 0) is 43.2 Å². The number of benzene rings is 3. The highest BCUT2D eigenvalue weighted by Gasteiger charge is 2.35. The van der Waals surface area contributed by atoms with Crippen LogP contribution >= 0.6 is 0 Å². The molecule has 0 saturated carbocycles. The molecule has 0 radical (unpaired) electrons. The maximum absolute atomic E-state index is 12.4. The highest BCUT2D eigenvalue weighted by atomic mass is 32.3. The van der Waals surface area contributed by atoms with E-state index >= 15 is 0 Å². The maximum Gasteiger partial charge on any atom is 0.337 e. The molecule has 4 aromatic rings. The van der Waals surface area contributed by atoms with E-state index in [9.17, 15) is 33.3 Å². The smallest absolute Gasteiger partial charge is 0.337 e. The second kappa shape index (κ2) is 12.0. The lowest BCUT2D eigenvalue weighted by molar-refractivity contribution is -0.617. The number of hydrogen-bond donors (Lipinski definition) is 2. The van der Waals surface area contributed by atoms with Crippen LogP contribution in [0.25, 0.3) is 32.9 Å². The minimum atomic E-state index is -5.42. The summed E-state index contributed by atoms with van der Waals surface area (Å²) in [7, 11) is -3.52. The van der Waals surface area contributed by atoms with Gasteiger partial charge in [0.1, 0.15) is 7.05 Å². The SMILES string of the molecule is C[n+]1c2ccccc2c(C(=O)O)c2c(-c3ccc(CC(ON4C(=O)CCC4=O)C(=O)O)cc3)cccc21.O=S(=O)([O-])F. The van der Waals surface area contributed by atoms with Crippen LogP contribution in [0.3, 0.4) is 0 Å². The van der Waals surface area contributed by atoms with Gasteiger partial charge >= 0.3 is 11.9 Å². The van der Waals surface area contributed by atoms with Gasteiger partial charge in [0.15, 0.2) is 6.10 Å². The van der Waals surface area contributed by atoms with Crippen molar-refractivity contribution >= 4 is 56.1 Å². The number of aromatic carboxylic acids is 1. The van der Waals surface area contributed by atoms with Crippen molar-refractivity contribution < 1.29 is 55.7 Å². The normalized spacial score (nSPS) is 14.1. The Bertz CT molecular complexity index is 1820. The molecule has 1 saturated heterocycles. The minimum absolute atomic E-state index is 0.00369. The summed E-state index contributed by atoms with van der Waals surface area (Å²) in [4.78, 5) is 53.1. The second-order valence-corrected chi connectivity index (χ2v) is 10.1. The lowest BCUT2D eigenvalue weighted by atomic mass is 9.93. The Balaban J connectivity index is 0.000000748. The molecule has 0 bridgehead atoms. The number of pyridine rings is 1. The Kier molecular flexibility index (Phi) is 8.61. The minimum Gasteiger partial charge on any atom is -0.722 e. The molecule has 2 N–H and O–H groups in total. The van der Waals surface area contributed by atoms with Gasteiger partial charge < -0.3 is 14.8 Å². The van der Waals surface area contributed by atoms with E-state index in [1.54, 1.807) is 30.3 Å². The first-order valence-corrected chi connectivity index (χ1v) is 13.6. The number of hydrogen-bond acceptors (Lipinski definition) is 8. The van der Waals surface area contributed by atoms with Crippen molar-refractivity contribution in [3.05, 3.63) is 77.9 Å². The van der Waals surface area contributed by atoms with E-state index < -0.39 is 40.4 Å². The van der Waals surface area contributed by atoms with Crippen LogP contribution < -0.4 is 4.57 Å². The summed E-state index contributed by atoms with van der Waals surface area (Å²) >= 11 is 0. The fourth-order valence-electron chi connectivity index (χ4n) is 4.79. The van der Waals surface area contributed by atoms with E-state index in [1.165, 1.54) is 0 Å². The number of halogens is 1. The molecule has 1 atom stereocenters. The lowest BCUT2D eigenvalue weighted by Crippen LogP contribution is -2.38. The average molecular weight is 599 g/mol. The number of carboxylic acid groups (broad SMARTS) is 2. The fourth-order valence-corrected chi connectivity index (χ4v) is 4.79. The quantitative estimate of drug-likeness (QED) is 0.105. The number of carboxylic acids is 2. The van der Waals surface area contributed by atoms with E-state index in [0.29, 0.717) is 21.4 Å². The zero-order chi connectivity index (χ0) is 30.8. The Hall–Kier alpha value is -4.79. The molecule has 12 nitrogen and oxygen atoms in total. The number of para-hydroxylation sites is 1. The van der Waals surface area contributed by atoms with Crippen LogP contribution in [0, 0.1) is 0 Å². The average Bonchev–Trinajstić information content (AvgIpc) is 3.24. The number of aryl methyl sites for hydroxylation is 1. The van der Waals surface area contributed by atoms with Gasteiger partial charge in [-0.3, -0.25) is 9.59 Å². The highest BCUT2D eigenvalue weighted by Crippen LogP contribution is 2.34. The third-order valence-corrected chi connectivity index (χ3v) is 6.60. The van der Waals surface area contributed by atoms with Crippen LogP contribution in [-0.4, -0.2) is 58.1 Å². The highest BCUT2D eigenvalue weighted by molar-refractivity contribution is 7.80. The number of aromatic nitrogens is 1. The summed E-state index contributed by atoms with van der Waals surface area (Å²) in [5.74, 6) is -3.44. The number of hydroxylamine groups is 2. The van der Waals surface area contributed by atoms with Crippen molar-refractivity contribution in [2.45, 2.75) is 25.4 Å². The summed E-state index contributed by atoms with van der Waals surface area (Å²) in [6, 6.07) is 20.0. The summed E-state index contributed by atoms with van der Waals surface area (Å²) < 4.78 is 37.3. The molecule has 14 heteroatoms. The van der Waals surface area contributed by atoms with E-state index in [4.69, 9.17) is 17.8 Å². The summed E-state index contributed by atoms with van der Waals surface area (Å²) in [5.41, 5.74) is 3.87. The van der Waals surface area contributed by atoms with Gasteiger partial charge in [0.05, 0.1) is 16.3 Å². The van der Waals surface area contributed by atoms with Gasteiger partial charge in [-0.2, -0.15) is 9.63 Å². The van der Waals surface area contributed by atoms with Crippen LogP contribution in [0.5, 0.6) is 0 Å². The largest absolute Gasteiger partial charge is 0.722 e. The number of amides is 2. The molecule has 1 aromatic heterocycles. The molecule has 1 unspecified atom stereocenters. The molecular weight excluding hydrogens is 575 g/mol. The standard InChI is InChI=1S/C28H22N2O7.FHO3S/c1-29-20-7-3-2-5-19(20)26(28(35)36)25-18(6-4-8-21(25)29)17-11-9-16(10-12-17)15-22(27(33)34)37-30-23(31)13-14-24(30)32;1-5(2,3)4/h2-12,22H,13-15H2,1H3,(H-,33,34,35,36);(H,2,3,4). The van der Waals surface area contributed by atoms with Crippen LogP contribution in [0.2, 0.25) is 0 Å². The number of aliphatic carboxylic acids is 1. The molecule has 42 heavy (non-hydrogen) atoms. The molecular formula is C28H23FN2O10S. The molecule has 2 heterocycles. The monoisotopic (exact) mass is 598 g/mol. The maximum atomic E-state index is 12.4. The number of carbonyl (C=O) groups is 4. The Morgan fingerprint density at radius 1 is 0.976 bits per heavy atom. The van der Waals surface area contributed by atoms with Crippen molar-refractivity contribution in [2.75, 3.05) is 0 Å².